The Morgan fingerprint density at radius 3 is 2.15 bits per heavy atom. The monoisotopic (exact) mass is 476 g/mol. The fourth-order valence-electron chi connectivity index (χ4n) is 3.38. The van der Waals surface area contributed by atoms with Gasteiger partial charge in [-0.1, -0.05) is 35.0 Å². The lowest BCUT2D eigenvalue weighted by Crippen LogP contribution is -2.15. The molecular formula is C23H17F5N4O2. The van der Waals surface area contributed by atoms with Crippen molar-refractivity contribution in [3.05, 3.63) is 87.6 Å². The predicted octanol–water partition coefficient (Wildman–Crippen LogP) is 5.46. The number of nitrogens with zero attached hydrogens (tertiary/aromatic N) is 3. The number of amides is 1. The lowest BCUT2D eigenvalue weighted by atomic mass is 10.1. The first-order valence-electron chi connectivity index (χ1n) is 9.98. The van der Waals surface area contributed by atoms with E-state index < -0.39 is 47.1 Å². The lowest BCUT2D eigenvalue weighted by Gasteiger charge is -2.10. The number of nitrogens with one attached hydrogen (secondary N) is 1. The van der Waals surface area contributed by atoms with Gasteiger partial charge in [0.1, 0.15) is 0 Å². The van der Waals surface area contributed by atoms with Crippen LogP contribution in [0.2, 0.25) is 0 Å². The Hall–Kier alpha value is -4.02. The minimum Gasteiger partial charge on any atom is -0.355 e. The molecule has 34 heavy (non-hydrogen) atoms. The zero-order valence-corrected chi connectivity index (χ0v) is 18.1. The van der Waals surface area contributed by atoms with Gasteiger partial charge in [0, 0.05) is 11.6 Å². The van der Waals surface area contributed by atoms with Gasteiger partial charge in [0.25, 0.3) is 5.91 Å². The largest absolute Gasteiger partial charge is 0.355 e. The van der Waals surface area contributed by atoms with Gasteiger partial charge in [-0.25, -0.2) is 22.0 Å². The van der Waals surface area contributed by atoms with Crippen molar-refractivity contribution in [1.82, 2.24) is 14.9 Å². The van der Waals surface area contributed by atoms with Gasteiger partial charge in [-0.3, -0.25) is 9.48 Å². The van der Waals surface area contributed by atoms with Crippen molar-refractivity contribution in [2.45, 2.75) is 27.3 Å². The average Bonchev–Trinajstić information content (AvgIpc) is 3.41. The molecule has 0 aliphatic heterocycles. The molecule has 1 amide bonds. The van der Waals surface area contributed by atoms with E-state index in [1.165, 1.54) is 19.9 Å². The van der Waals surface area contributed by atoms with E-state index >= 15 is 0 Å². The van der Waals surface area contributed by atoms with Gasteiger partial charge in [0.2, 0.25) is 5.82 Å². The highest BCUT2D eigenvalue weighted by atomic mass is 19.2. The number of hydrogen-bond acceptors (Lipinski definition) is 4. The maximum atomic E-state index is 14.1. The van der Waals surface area contributed by atoms with Crippen LogP contribution < -0.4 is 5.32 Å². The SMILES string of the molecule is Cc1ccc(-c2cc(C(=O)Nc3c(C)nn(Cc4c(F)c(F)c(F)c(F)c4F)c3C)no2)cc1. The van der Waals surface area contributed by atoms with Crippen molar-refractivity contribution < 1.29 is 31.3 Å². The lowest BCUT2D eigenvalue weighted by molar-refractivity contribution is 0.101. The van der Waals surface area contributed by atoms with Crippen LogP contribution in [0.1, 0.15) is 33.0 Å². The third-order valence-electron chi connectivity index (χ3n) is 5.31. The molecule has 0 aliphatic carbocycles. The highest BCUT2D eigenvalue weighted by molar-refractivity contribution is 6.03. The van der Waals surface area contributed by atoms with Crippen LogP contribution in [0.25, 0.3) is 11.3 Å². The molecule has 2 aromatic heterocycles. The van der Waals surface area contributed by atoms with E-state index in [1.54, 1.807) is 0 Å². The molecule has 0 radical (unpaired) electrons. The van der Waals surface area contributed by atoms with Crippen molar-refractivity contribution in [3.8, 4) is 11.3 Å². The van der Waals surface area contributed by atoms with Gasteiger partial charge in [-0.15, -0.1) is 0 Å². The number of rotatable bonds is 5. The van der Waals surface area contributed by atoms with Crippen LogP contribution in [-0.4, -0.2) is 20.8 Å². The molecule has 4 aromatic rings. The Labute approximate surface area is 190 Å². The van der Waals surface area contributed by atoms with Gasteiger partial charge < -0.3 is 9.84 Å². The number of carbonyl (C=O) groups is 1. The molecule has 0 unspecified atom stereocenters. The zero-order valence-electron chi connectivity index (χ0n) is 18.1. The third kappa shape index (κ3) is 4.04. The molecule has 0 aliphatic rings. The first-order valence-corrected chi connectivity index (χ1v) is 9.98. The zero-order chi connectivity index (χ0) is 24.7. The Bertz CT molecular complexity index is 1380. The van der Waals surface area contributed by atoms with Crippen molar-refractivity contribution in [1.29, 1.82) is 0 Å². The summed E-state index contributed by atoms with van der Waals surface area (Å²) in [6.45, 7) is 4.18. The summed E-state index contributed by atoms with van der Waals surface area (Å²) in [4.78, 5) is 12.7. The van der Waals surface area contributed by atoms with E-state index in [4.69, 9.17) is 4.52 Å². The van der Waals surface area contributed by atoms with Crippen molar-refractivity contribution in [3.63, 3.8) is 0 Å². The summed E-state index contributed by atoms with van der Waals surface area (Å²) in [5.41, 5.74) is 1.40. The summed E-state index contributed by atoms with van der Waals surface area (Å²) in [7, 11) is 0. The van der Waals surface area contributed by atoms with Crippen LogP contribution in [0, 0.1) is 49.9 Å². The molecule has 11 heteroatoms. The first-order chi connectivity index (χ1) is 16.1. The van der Waals surface area contributed by atoms with E-state index in [9.17, 15) is 26.7 Å². The van der Waals surface area contributed by atoms with E-state index in [-0.39, 0.29) is 22.8 Å². The molecule has 4 rings (SSSR count). The first kappa shape index (κ1) is 23.1. The molecule has 2 aromatic carbocycles. The minimum atomic E-state index is -2.24. The molecule has 0 fully saturated rings. The minimum absolute atomic E-state index is 0.0260. The molecule has 176 valence electrons. The third-order valence-corrected chi connectivity index (χ3v) is 5.31. The molecular weight excluding hydrogens is 459 g/mol. The number of benzene rings is 2. The van der Waals surface area contributed by atoms with Crippen LogP contribution in [0.3, 0.4) is 0 Å². The molecule has 1 N–H and O–H groups in total. The van der Waals surface area contributed by atoms with Crippen molar-refractivity contribution in [2.24, 2.45) is 0 Å². The fraction of sp³-hybridized carbons (Fsp3) is 0.174. The highest BCUT2D eigenvalue weighted by Gasteiger charge is 2.27. The second-order valence-electron chi connectivity index (χ2n) is 7.65. The number of hydrogen-bond donors (Lipinski definition) is 1. The van der Waals surface area contributed by atoms with E-state index in [1.807, 2.05) is 31.2 Å². The number of halogens is 5. The summed E-state index contributed by atoms with van der Waals surface area (Å²) in [5, 5.41) is 10.4. The van der Waals surface area contributed by atoms with Gasteiger partial charge in [0.05, 0.1) is 29.2 Å². The van der Waals surface area contributed by atoms with Crippen LogP contribution in [0.4, 0.5) is 27.6 Å². The van der Waals surface area contributed by atoms with Crippen LogP contribution in [-0.2, 0) is 6.54 Å². The summed E-state index contributed by atoms with van der Waals surface area (Å²) in [6.07, 6.45) is 0. The molecule has 6 nitrogen and oxygen atoms in total. The summed E-state index contributed by atoms with van der Waals surface area (Å²) >= 11 is 0. The predicted molar refractivity (Wildman–Crippen MR) is 112 cm³/mol. The average molecular weight is 476 g/mol. The quantitative estimate of drug-likeness (QED) is 0.236. The fourth-order valence-corrected chi connectivity index (χ4v) is 3.38. The maximum absolute atomic E-state index is 14.1. The summed E-state index contributed by atoms with van der Waals surface area (Å²) in [5.74, 6) is -10.5. The van der Waals surface area contributed by atoms with Crippen molar-refractivity contribution >= 4 is 11.6 Å². The Morgan fingerprint density at radius 2 is 1.53 bits per heavy atom. The van der Waals surface area contributed by atoms with Crippen LogP contribution in [0.5, 0.6) is 0 Å². The number of anilines is 1. The van der Waals surface area contributed by atoms with E-state index in [0.717, 1.165) is 15.8 Å². The molecule has 0 saturated carbocycles. The van der Waals surface area contributed by atoms with Crippen molar-refractivity contribution in [2.75, 3.05) is 5.32 Å². The van der Waals surface area contributed by atoms with E-state index in [2.05, 4.69) is 15.6 Å². The molecule has 0 bridgehead atoms. The number of carbonyl (C=O) groups excluding carboxylic acids is 1. The normalized spacial score (nSPS) is 11.2. The standard InChI is InChI=1S/C23H17F5N4O2/c1-10-4-6-13(7-5-10)16-8-15(31-34-16)23(33)29-22-11(2)30-32(12(22)3)9-14-17(24)19(26)21(28)20(27)18(14)25/h4-8H,9H2,1-3H3,(H,29,33). The smallest absolute Gasteiger partial charge is 0.277 e. The molecule has 0 spiro atoms. The van der Waals surface area contributed by atoms with Gasteiger partial charge >= 0.3 is 0 Å². The Morgan fingerprint density at radius 1 is 0.941 bits per heavy atom. The van der Waals surface area contributed by atoms with Gasteiger partial charge in [-0.05, 0) is 20.8 Å². The number of aromatic nitrogens is 3. The Balaban J connectivity index is 1.58. The number of aryl methyl sites for hydroxylation is 2. The van der Waals surface area contributed by atoms with Crippen LogP contribution in [0.15, 0.2) is 34.9 Å². The Kier molecular flexibility index (Phi) is 5.94. The summed E-state index contributed by atoms with van der Waals surface area (Å²) < 4.78 is 74.8. The van der Waals surface area contributed by atoms with Gasteiger partial charge in [0.15, 0.2) is 34.7 Å². The molecule has 0 atom stereocenters. The topological polar surface area (TPSA) is 73.0 Å². The van der Waals surface area contributed by atoms with Gasteiger partial charge in [-0.2, -0.15) is 5.10 Å². The second-order valence-corrected chi connectivity index (χ2v) is 7.65. The molecule has 2 heterocycles. The van der Waals surface area contributed by atoms with E-state index in [0.29, 0.717) is 5.76 Å². The highest BCUT2D eigenvalue weighted by Crippen LogP contribution is 2.27. The second kappa shape index (κ2) is 8.73. The summed E-state index contributed by atoms with van der Waals surface area (Å²) in [6, 6.07) is 8.83. The molecule has 0 saturated heterocycles. The maximum Gasteiger partial charge on any atom is 0.277 e. The van der Waals surface area contributed by atoms with Crippen LogP contribution >= 0.6 is 0 Å².